The van der Waals surface area contributed by atoms with Crippen molar-refractivity contribution in [3.8, 4) is 0 Å². The minimum absolute atomic E-state index is 0. The SMILES string of the molecule is C=CCON1C(=O)N2CC(I)=CC1C2.C=CCON1C(=O)N2CC(n3cc(CCC[B]C=O)cn3)=CC1C2.NCCc1cnn(C2=CC3CN(C2)C(=O)N3OS(=O)(=O)O)c1.O=C[B]CCCc1cn[nH]c1.O=C[B]CCCc1cnn(C2=CC3CN(C2)C(=O)N3O)c1.O=C[B]CCCc1cnn(C2=CC3CN(C2)C(=O)N3OSOOO)c1.[Na+]. The van der Waals surface area contributed by atoms with Gasteiger partial charge in [-0.15, -0.1) is 21.8 Å². The van der Waals surface area contributed by atoms with Gasteiger partial charge in [-0.1, -0.05) is 68.2 Å². The summed E-state index contributed by atoms with van der Waals surface area (Å²) in [6.07, 6.45) is 45.6. The predicted molar refractivity (Wildman–Crippen MR) is 435 cm³/mol. The quantitative estimate of drug-likeness (QED) is 0.00351. The zero-order chi connectivity index (χ0) is 83.4. The van der Waals surface area contributed by atoms with Crippen LogP contribution >= 0.6 is 34.9 Å². The average molecular weight is 1790 g/mol. The van der Waals surface area contributed by atoms with Gasteiger partial charge < -0.3 is 49.4 Å². The number of aryl methyl sites for hydroxylation is 4. The van der Waals surface area contributed by atoms with Crippen molar-refractivity contribution in [1.29, 1.82) is 0 Å². The van der Waals surface area contributed by atoms with Gasteiger partial charge in [-0.05, 0) is 119 Å². The third-order valence-corrected chi connectivity index (χ3v) is 20.4. The summed E-state index contributed by atoms with van der Waals surface area (Å²) < 4.78 is 52.1. The van der Waals surface area contributed by atoms with E-state index in [1.54, 1.807) is 106 Å². The maximum atomic E-state index is 12.3. The van der Waals surface area contributed by atoms with Crippen LogP contribution in [0.15, 0.2) is 121 Å². The number of rotatable bonds is 38. The van der Waals surface area contributed by atoms with E-state index >= 15 is 0 Å². The molecule has 5 atom stereocenters. The number of fused-ring (bicyclic) bond motifs is 10. The van der Waals surface area contributed by atoms with Gasteiger partial charge in [0, 0.05) is 67.3 Å². The van der Waals surface area contributed by atoms with Crippen molar-refractivity contribution in [2.75, 3.05) is 85.2 Å². The van der Waals surface area contributed by atoms with E-state index in [-0.39, 0.29) is 90.9 Å². The number of carbonyl (C=O) groups excluding carboxylic acids is 9. The number of carbonyl (C=O) groups is 9. The second-order valence-electron chi connectivity index (χ2n) is 27.4. The second kappa shape index (κ2) is 46.6. The Bertz CT molecular complexity index is 4540. The number of hydrogen-bond donors (Lipinski definition) is 5. The first-order valence-corrected chi connectivity index (χ1v) is 40.4. The summed E-state index contributed by atoms with van der Waals surface area (Å²) in [6.45, 7) is 13.4. The molecule has 5 unspecified atom stereocenters. The molecule has 10 aliphatic heterocycles. The van der Waals surface area contributed by atoms with Crippen molar-refractivity contribution in [3.63, 3.8) is 0 Å². The maximum absolute atomic E-state index is 12.3. The van der Waals surface area contributed by atoms with Crippen LogP contribution in [-0.2, 0) is 89.3 Å². The smallest absolute Gasteiger partial charge is 0.330 e. The molecule has 10 aliphatic rings. The summed E-state index contributed by atoms with van der Waals surface area (Å²) in [4.78, 5) is 119. The summed E-state index contributed by atoms with van der Waals surface area (Å²) in [6, 6.07) is -2.67. The van der Waals surface area contributed by atoms with E-state index in [1.807, 2.05) is 60.1 Å². The third kappa shape index (κ3) is 26.1. The van der Waals surface area contributed by atoms with Crippen LogP contribution in [-0.4, -0.2) is 322 Å². The van der Waals surface area contributed by atoms with Gasteiger partial charge in [-0.2, -0.15) is 63.5 Å². The maximum Gasteiger partial charge on any atom is 1.00 e. The molecular formula is C69H88B4IN21NaO20S2+. The molecule has 15 heterocycles. The Morgan fingerprint density at radius 1 is 0.517 bits per heavy atom. The minimum atomic E-state index is -4.75. The standard InChI is InChI=1S/C16H20BN4O3.C13H16BN4O6S.C13H16BN4O3.C11H15N5O5S.C9H11IN2O2.C7H10BN2O.Na/c1-2-6-24-21-15-7-14(10-19(11-15)16(21)23)20-9-13(8-18-20)4-3-5-17-12-22;19-9-14-3-1-2-10-5-15-17(6-10)11-4-12-8-16(7-11)13(20)18(12)22-25-24-23-21;19-9-14-3-1-2-10-5-15-17(6-10)11-4-12-8-16(7-11)13(20)18(12)21;12-2-1-8-4-13-15(5-8)9-3-10-7-14(6-9)11(17)16(10)21-22(18,19)20;1-2-3-14-12-8-4-7(10)5-11(6-8)9(12)13;11-6-8-3-1-2-7-4-9-10-5-7;/h2,7-9,12,15H,1,3-6,10-11H2;4-6,9,12,21H,1-3,7-8H2;4-6,9,12,21H,1-3,7-8H2;3-5,10H,1-2,6-7,12H2,(H,18,19,20);2,4,8H,1,3,5-6H2;4-6H,1-3H2,(H,9,10);/q;;;;;;+1. The van der Waals surface area contributed by atoms with Crippen LogP contribution in [0.4, 0.5) is 24.0 Å². The van der Waals surface area contributed by atoms with Crippen molar-refractivity contribution in [1.82, 2.24) is 99.1 Å². The Morgan fingerprint density at radius 2 is 0.873 bits per heavy atom. The fraction of sp³-hybridized carbons (Fsp3) is 0.449. The molecule has 6 N–H and O–H groups in total. The van der Waals surface area contributed by atoms with Crippen LogP contribution in [0.2, 0.25) is 25.3 Å². The van der Waals surface area contributed by atoms with Crippen LogP contribution in [0, 0.1) is 0 Å². The fourth-order valence-electron chi connectivity index (χ4n) is 13.5. The number of hydroxylamine groups is 10. The number of urea groups is 5. The van der Waals surface area contributed by atoms with Crippen molar-refractivity contribution >= 4 is 152 Å². The number of aromatic nitrogens is 10. The zero-order valence-corrected chi connectivity index (χ0v) is 70.5. The van der Waals surface area contributed by atoms with E-state index in [0.717, 1.165) is 157 Å². The van der Waals surface area contributed by atoms with Gasteiger partial charge in [0.2, 0.25) is 12.3 Å². The van der Waals surface area contributed by atoms with Crippen molar-refractivity contribution in [3.05, 3.63) is 149 Å². The average Bonchev–Trinajstić information content (AvgIpc) is 1.70. The Labute approximate surface area is 723 Å². The van der Waals surface area contributed by atoms with Gasteiger partial charge in [-0.25, -0.2) is 48.0 Å². The first-order valence-electron chi connectivity index (χ1n) is 37.3. The number of amides is 10. The molecule has 5 saturated heterocycles. The first-order chi connectivity index (χ1) is 56.7. The fourth-order valence-corrected chi connectivity index (χ4v) is 15.0. The molecule has 5 fully saturated rings. The zero-order valence-electron chi connectivity index (χ0n) is 64.7. The van der Waals surface area contributed by atoms with E-state index in [9.17, 15) is 56.8 Å². The second-order valence-corrected chi connectivity index (χ2v) is 30.2. The summed E-state index contributed by atoms with van der Waals surface area (Å²) >= 11 is 2.59. The Hall–Kier alpha value is -8.85. The minimum Gasteiger partial charge on any atom is -0.330 e. The molecule has 620 valence electrons. The van der Waals surface area contributed by atoms with E-state index in [4.69, 9.17) is 29.5 Å². The van der Waals surface area contributed by atoms with E-state index in [0.29, 0.717) is 95.1 Å². The number of nitrogens with two attached hydrogens (primary N) is 1. The Kier molecular flexibility index (Phi) is 36.8. The van der Waals surface area contributed by atoms with E-state index in [2.05, 4.69) is 86.1 Å². The monoisotopic (exact) mass is 1790 g/mol. The molecular weight excluding hydrogens is 1700 g/mol. The van der Waals surface area contributed by atoms with Crippen LogP contribution in [0.25, 0.3) is 22.8 Å². The number of H-pyrrole nitrogens is 1. The number of aromatic amines is 1. The number of hydrogen-bond acceptors (Lipinski definition) is 26. The molecule has 5 aromatic heterocycles. The van der Waals surface area contributed by atoms with Crippen molar-refractivity contribution < 1.29 is 124 Å². The van der Waals surface area contributed by atoms with E-state index < -0.39 is 22.5 Å². The molecule has 118 heavy (non-hydrogen) atoms. The van der Waals surface area contributed by atoms with Gasteiger partial charge in [0.25, 0.3) is 0 Å². The summed E-state index contributed by atoms with van der Waals surface area (Å²) in [5.41, 5.74) is 14.4. The normalized spacial score (nSPS) is 19.6. The predicted octanol–water partition coefficient (Wildman–Crippen LogP) is 0.971. The third-order valence-electron chi connectivity index (χ3n) is 19.0. The topological polar surface area (TPSA) is 462 Å². The molecule has 0 saturated carbocycles. The summed E-state index contributed by atoms with van der Waals surface area (Å²) in [7, 11) is 1.73. The largest absolute Gasteiger partial charge is 1.00 e. The number of nitrogens with zero attached hydrogens (tertiary/aromatic N) is 19. The van der Waals surface area contributed by atoms with Crippen molar-refractivity contribution in [2.45, 2.75) is 113 Å². The molecule has 0 aliphatic carbocycles. The van der Waals surface area contributed by atoms with Crippen LogP contribution < -0.4 is 35.3 Å². The van der Waals surface area contributed by atoms with Gasteiger partial charge in [-0.3, -0.25) is 24.5 Å². The Balaban J connectivity index is 0.000000164. The molecule has 10 amide bonds. The van der Waals surface area contributed by atoms with Gasteiger partial charge >= 0.3 is 70.1 Å². The Morgan fingerprint density at radius 3 is 1.25 bits per heavy atom. The van der Waals surface area contributed by atoms with E-state index in [1.165, 1.54) is 24.2 Å². The number of nitrogens with one attached hydrogen (secondary N) is 1. The molecule has 0 aromatic carbocycles. The number of halogens is 1. The van der Waals surface area contributed by atoms with Gasteiger partial charge in [0.05, 0.1) is 143 Å². The van der Waals surface area contributed by atoms with Gasteiger partial charge in [0.1, 0.15) is 12.1 Å². The first kappa shape index (κ1) is 93.0. The molecule has 0 spiro atoms. The van der Waals surface area contributed by atoms with Crippen LogP contribution in [0.5, 0.6) is 0 Å². The molecule has 49 heteroatoms. The summed E-state index contributed by atoms with van der Waals surface area (Å²) in [5.74, 6) is 0. The molecule has 5 aromatic rings. The van der Waals surface area contributed by atoms with Crippen LogP contribution in [0.1, 0.15) is 53.5 Å². The van der Waals surface area contributed by atoms with Crippen molar-refractivity contribution in [2.24, 2.45) is 5.73 Å². The molecule has 4 radical (unpaired) electrons. The molecule has 41 nitrogen and oxygen atoms in total. The molecule has 10 bridgehead atoms. The summed E-state index contributed by atoms with van der Waals surface area (Å²) in [5, 5.41) is 50.4. The van der Waals surface area contributed by atoms with Crippen LogP contribution in [0.3, 0.4) is 0 Å². The van der Waals surface area contributed by atoms with Gasteiger partial charge in [0.15, 0.2) is 29.1 Å². The molecule has 15 rings (SSSR count).